The van der Waals surface area contributed by atoms with Crippen molar-refractivity contribution in [1.29, 1.82) is 0 Å². The number of hydrogen-bond donors (Lipinski definition) is 1. The second-order valence-electron chi connectivity index (χ2n) is 13.5. The maximum Gasteiger partial charge on any atom is 0.313 e. The molecule has 10 nitrogen and oxygen atoms in total. The molecule has 5 rings (SSSR count). The lowest BCUT2D eigenvalue weighted by Gasteiger charge is -2.40. The number of amides is 3. The summed E-state index contributed by atoms with van der Waals surface area (Å²) < 4.78 is 13.1. The molecule has 1 aromatic carbocycles. The van der Waals surface area contributed by atoms with E-state index in [2.05, 4.69) is 6.92 Å². The van der Waals surface area contributed by atoms with Crippen LogP contribution in [0.4, 0.5) is 0 Å². The summed E-state index contributed by atoms with van der Waals surface area (Å²) in [5.74, 6) is -3.59. The molecule has 4 aliphatic rings. The molecule has 4 heterocycles. The first-order valence-corrected chi connectivity index (χ1v) is 16.8. The normalized spacial score (nSPS) is 33.2. The Hall–Kier alpha value is -3.50. The zero-order chi connectivity index (χ0) is 33.2. The number of carbonyl (C=O) groups is 4. The molecule has 8 atom stereocenters. The molecule has 0 aromatic heterocycles. The molecule has 1 N–H and O–H groups in total. The van der Waals surface area contributed by atoms with Crippen LogP contribution in [0.25, 0.3) is 0 Å². The van der Waals surface area contributed by atoms with Gasteiger partial charge in [0.1, 0.15) is 23.7 Å². The van der Waals surface area contributed by atoms with Crippen LogP contribution in [0.5, 0.6) is 0 Å². The van der Waals surface area contributed by atoms with Crippen molar-refractivity contribution in [2.45, 2.75) is 95.7 Å². The summed E-state index contributed by atoms with van der Waals surface area (Å²) in [5.41, 5.74) is -0.708. The van der Waals surface area contributed by atoms with E-state index in [0.717, 1.165) is 24.8 Å². The number of ether oxygens (including phenoxy) is 2. The SMILES string of the molecule is CCCCCN1CC=C[C@]23O[C@@H]4/C=C\CCC(=O)N(C)[C@H](C)[C@@H](c5ccccc5)OC(=O)[C@@H]4[C@H]2C(=O)N([C@@H](CO)C(C)C)[C@@H]3C1=O. The number of cyclic esters (lactones) is 1. The van der Waals surface area contributed by atoms with Crippen LogP contribution in [0.1, 0.15) is 71.5 Å². The van der Waals surface area contributed by atoms with Gasteiger partial charge in [0.25, 0.3) is 0 Å². The monoisotopic (exact) mass is 635 g/mol. The Morgan fingerprint density at radius 3 is 2.46 bits per heavy atom. The predicted octanol–water partition coefficient (Wildman–Crippen LogP) is 3.65. The third-order valence-corrected chi connectivity index (χ3v) is 10.3. The summed E-state index contributed by atoms with van der Waals surface area (Å²) >= 11 is 0. The van der Waals surface area contributed by atoms with Crippen LogP contribution in [0.3, 0.4) is 0 Å². The van der Waals surface area contributed by atoms with Gasteiger partial charge in [0, 0.05) is 26.6 Å². The van der Waals surface area contributed by atoms with E-state index < -0.39 is 59.6 Å². The van der Waals surface area contributed by atoms with Crippen molar-refractivity contribution in [1.82, 2.24) is 14.7 Å². The fourth-order valence-electron chi connectivity index (χ4n) is 7.61. The zero-order valence-electron chi connectivity index (χ0n) is 27.7. The maximum absolute atomic E-state index is 14.7. The van der Waals surface area contributed by atoms with Gasteiger partial charge in [-0.25, -0.2) is 0 Å². The highest BCUT2D eigenvalue weighted by Crippen LogP contribution is 2.54. The summed E-state index contributed by atoms with van der Waals surface area (Å²) in [5, 5.41) is 10.5. The molecule has 0 aliphatic carbocycles. The number of benzene rings is 1. The molecule has 1 spiro atoms. The van der Waals surface area contributed by atoms with Gasteiger partial charge in [-0.15, -0.1) is 0 Å². The highest BCUT2D eigenvalue weighted by molar-refractivity contribution is 5.99. The minimum atomic E-state index is -1.44. The number of likely N-dealkylation sites (N-methyl/N-ethyl adjacent to an activating group) is 1. The van der Waals surface area contributed by atoms with Crippen molar-refractivity contribution in [2.24, 2.45) is 17.8 Å². The van der Waals surface area contributed by atoms with Gasteiger partial charge in [-0.1, -0.05) is 88.2 Å². The van der Waals surface area contributed by atoms with Crippen LogP contribution in [0.15, 0.2) is 54.6 Å². The van der Waals surface area contributed by atoms with Gasteiger partial charge in [0.05, 0.1) is 30.7 Å². The fourth-order valence-corrected chi connectivity index (χ4v) is 7.61. The van der Waals surface area contributed by atoms with E-state index in [1.165, 1.54) is 4.90 Å². The van der Waals surface area contributed by atoms with Gasteiger partial charge in [-0.3, -0.25) is 19.2 Å². The molecule has 10 heteroatoms. The van der Waals surface area contributed by atoms with Crippen LogP contribution in [0.2, 0.25) is 0 Å². The topological polar surface area (TPSA) is 117 Å². The number of likely N-dealkylation sites (tertiary alicyclic amines) is 1. The lowest BCUT2D eigenvalue weighted by atomic mass is 9.77. The number of unbranched alkanes of at least 4 members (excludes halogenated alkanes) is 2. The standard InChI is InChI=1S/C36H49N3O7/c1-6-7-13-20-38-21-14-19-36-30(33(42)39(32(36)34(38)43)26(22-40)23(2)3)29-27(46-36)17-11-12-18-28(41)37(5)24(4)31(45-35(29)44)25-15-9-8-10-16-25/h8-11,14-17,19,23-24,26-27,29-32,40H,6-7,12-13,18,20-22H2,1-5H3/b17-11-/t24-,26+,27-,29+,30+,31+,32-,36+/m1/s1. The molecule has 0 radical (unpaired) electrons. The molecule has 0 saturated carbocycles. The van der Waals surface area contributed by atoms with Crippen LogP contribution < -0.4 is 0 Å². The number of nitrogens with zero attached hydrogens (tertiary/aromatic N) is 3. The van der Waals surface area contributed by atoms with Crippen LogP contribution >= 0.6 is 0 Å². The average molecular weight is 636 g/mol. The van der Waals surface area contributed by atoms with Gasteiger partial charge in [-0.05, 0) is 31.2 Å². The lowest BCUT2D eigenvalue weighted by Crippen LogP contribution is -2.59. The summed E-state index contributed by atoms with van der Waals surface area (Å²) in [6, 6.07) is 7.10. The molecule has 0 bridgehead atoms. The number of esters is 1. The van der Waals surface area contributed by atoms with Crippen molar-refractivity contribution in [3.63, 3.8) is 0 Å². The molecule has 46 heavy (non-hydrogen) atoms. The molecule has 1 aromatic rings. The number of rotatable bonds is 8. The van der Waals surface area contributed by atoms with Crippen molar-refractivity contribution in [2.75, 3.05) is 26.7 Å². The van der Waals surface area contributed by atoms with Crippen molar-refractivity contribution in [3.05, 3.63) is 60.2 Å². The Morgan fingerprint density at radius 2 is 1.78 bits per heavy atom. The minimum absolute atomic E-state index is 0.0795. The number of aliphatic hydroxyl groups excluding tert-OH is 1. The molecule has 3 amide bonds. The number of aliphatic hydroxyl groups is 1. The van der Waals surface area contributed by atoms with E-state index in [1.807, 2.05) is 69.3 Å². The summed E-state index contributed by atoms with van der Waals surface area (Å²) in [6.45, 7) is 8.34. The van der Waals surface area contributed by atoms with Crippen molar-refractivity contribution < 1.29 is 33.8 Å². The Bertz CT molecular complexity index is 1350. The minimum Gasteiger partial charge on any atom is -0.455 e. The quantitative estimate of drug-likeness (QED) is 0.263. The molecule has 2 fully saturated rings. The Morgan fingerprint density at radius 1 is 1.04 bits per heavy atom. The Balaban J connectivity index is 1.61. The van der Waals surface area contributed by atoms with Gasteiger partial charge in [0.15, 0.2) is 0 Å². The summed E-state index contributed by atoms with van der Waals surface area (Å²) in [7, 11) is 1.71. The van der Waals surface area contributed by atoms with E-state index in [4.69, 9.17) is 9.47 Å². The molecule has 2 saturated heterocycles. The van der Waals surface area contributed by atoms with E-state index in [9.17, 15) is 24.3 Å². The van der Waals surface area contributed by atoms with Gasteiger partial charge < -0.3 is 29.3 Å². The molecular weight excluding hydrogens is 586 g/mol. The predicted molar refractivity (Wildman–Crippen MR) is 172 cm³/mol. The van der Waals surface area contributed by atoms with E-state index in [0.29, 0.717) is 19.5 Å². The smallest absolute Gasteiger partial charge is 0.313 e. The second-order valence-corrected chi connectivity index (χ2v) is 13.5. The first-order valence-electron chi connectivity index (χ1n) is 16.8. The van der Waals surface area contributed by atoms with E-state index in [-0.39, 0.29) is 30.8 Å². The summed E-state index contributed by atoms with van der Waals surface area (Å²) in [6.07, 6.45) is 9.07. The number of hydrogen-bond acceptors (Lipinski definition) is 7. The molecular formula is C36H49N3O7. The lowest BCUT2D eigenvalue weighted by molar-refractivity contribution is -0.165. The van der Waals surface area contributed by atoms with Crippen molar-refractivity contribution >= 4 is 23.7 Å². The molecule has 250 valence electrons. The first kappa shape index (κ1) is 33.9. The third-order valence-electron chi connectivity index (χ3n) is 10.3. The Labute approximate surface area is 272 Å². The van der Waals surface area contributed by atoms with Gasteiger partial charge >= 0.3 is 5.97 Å². The van der Waals surface area contributed by atoms with Crippen molar-refractivity contribution in [3.8, 4) is 0 Å². The highest BCUT2D eigenvalue weighted by Gasteiger charge is 2.72. The molecule has 0 unspecified atom stereocenters. The first-order chi connectivity index (χ1) is 22.1. The molecule has 4 aliphatic heterocycles. The second kappa shape index (κ2) is 14.1. The zero-order valence-corrected chi connectivity index (χ0v) is 27.7. The highest BCUT2D eigenvalue weighted by atomic mass is 16.6. The fraction of sp³-hybridized carbons (Fsp3) is 0.611. The number of fused-ring (bicyclic) bond motifs is 2. The maximum atomic E-state index is 14.7. The largest absolute Gasteiger partial charge is 0.455 e. The van der Waals surface area contributed by atoms with Gasteiger partial charge in [-0.2, -0.15) is 0 Å². The number of allylic oxidation sites excluding steroid dienone is 1. The van der Waals surface area contributed by atoms with Crippen LogP contribution in [-0.4, -0.2) is 100 Å². The van der Waals surface area contributed by atoms with Gasteiger partial charge in [0.2, 0.25) is 17.7 Å². The summed E-state index contributed by atoms with van der Waals surface area (Å²) in [4.78, 5) is 61.7. The third kappa shape index (κ3) is 6.01. The Kier molecular flexibility index (Phi) is 10.4. The van der Waals surface area contributed by atoms with Crippen LogP contribution in [0, 0.1) is 17.8 Å². The van der Waals surface area contributed by atoms with E-state index >= 15 is 0 Å². The number of carbonyl (C=O) groups excluding carboxylic acids is 4. The van der Waals surface area contributed by atoms with Crippen LogP contribution in [-0.2, 0) is 28.7 Å². The van der Waals surface area contributed by atoms with E-state index in [1.54, 1.807) is 22.9 Å². The average Bonchev–Trinajstić information content (AvgIpc) is 3.43.